The van der Waals surface area contributed by atoms with Gasteiger partial charge in [-0.1, -0.05) is 25.3 Å². The van der Waals surface area contributed by atoms with Crippen LogP contribution in [0.2, 0.25) is 0 Å². The van der Waals surface area contributed by atoms with Crippen molar-refractivity contribution in [3.05, 3.63) is 23.8 Å². The minimum absolute atomic E-state index is 0.685. The lowest BCUT2D eigenvalue weighted by Crippen LogP contribution is -2.05. The van der Waals surface area contributed by atoms with Gasteiger partial charge in [0.2, 0.25) is 0 Å². The van der Waals surface area contributed by atoms with Gasteiger partial charge < -0.3 is 9.47 Å². The van der Waals surface area contributed by atoms with Gasteiger partial charge in [0.15, 0.2) is 11.5 Å². The van der Waals surface area contributed by atoms with E-state index in [1.807, 2.05) is 13.0 Å². The summed E-state index contributed by atoms with van der Waals surface area (Å²) in [6.07, 6.45) is 6.75. The van der Waals surface area contributed by atoms with Gasteiger partial charge in [-0.25, -0.2) is 0 Å². The zero-order valence-electron chi connectivity index (χ0n) is 10.9. The first-order valence-electron chi connectivity index (χ1n) is 6.66. The third kappa shape index (κ3) is 2.93. The molecule has 17 heavy (non-hydrogen) atoms. The second kappa shape index (κ2) is 5.95. The maximum atomic E-state index is 5.63. The summed E-state index contributed by atoms with van der Waals surface area (Å²) in [6.45, 7) is 2.69. The summed E-state index contributed by atoms with van der Waals surface area (Å²) in [5.74, 6) is 2.44. The highest BCUT2D eigenvalue weighted by Crippen LogP contribution is 2.37. The molecule has 0 N–H and O–H groups in total. The lowest BCUT2D eigenvalue weighted by atomic mass is 9.84. The summed E-state index contributed by atoms with van der Waals surface area (Å²) < 4.78 is 10.9. The van der Waals surface area contributed by atoms with Crippen LogP contribution in [-0.2, 0) is 0 Å². The average molecular weight is 234 g/mol. The minimum Gasteiger partial charge on any atom is -0.493 e. The Morgan fingerprint density at radius 2 is 1.88 bits per heavy atom. The molecule has 0 aromatic heterocycles. The highest BCUT2D eigenvalue weighted by atomic mass is 16.5. The Morgan fingerprint density at radius 1 is 1.12 bits per heavy atom. The summed E-state index contributed by atoms with van der Waals surface area (Å²) in [5.41, 5.74) is 1.41. The van der Waals surface area contributed by atoms with Crippen LogP contribution in [0.5, 0.6) is 11.5 Å². The van der Waals surface area contributed by atoms with Crippen molar-refractivity contribution in [2.45, 2.75) is 44.9 Å². The van der Waals surface area contributed by atoms with Gasteiger partial charge in [0.05, 0.1) is 13.7 Å². The molecule has 0 bridgehead atoms. The zero-order valence-corrected chi connectivity index (χ0v) is 10.9. The van der Waals surface area contributed by atoms with Crippen LogP contribution in [0.3, 0.4) is 0 Å². The molecule has 0 atom stereocenters. The molecule has 0 saturated heterocycles. The van der Waals surface area contributed by atoms with Crippen LogP contribution < -0.4 is 9.47 Å². The number of hydrogen-bond acceptors (Lipinski definition) is 2. The standard InChI is InChI=1S/C15H22O2/c1-3-17-15-11-13(9-10-14(15)16-2)12-7-5-4-6-8-12/h9-12H,3-8H2,1-2H3. The van der Waals surface area contributed by atoms with E-state index in [4.69, 9.17) is 9.47 Å². The molecule has 1 aromatic rings. The zero-order chi connectivity index (χ0) is 12.1. The topological polar surface area (TPSA) is 18.5 Å². The van der Waals surface area contributed by atoms with Crippen LogP contribution in [0.25, 0.3) is 0 Å². The number of methoxy groups -OCH3 is 1. The van der Waals surface area contributed by atoms with Crippen molar-refractivity contribution < 1.29 is 9.47 Å². The van der Waals surface area contributed by atoms with Crippen LogP contribution >= 0.6 is 0 Å². The first-order valence-corrected chi connectivity index (χ1v) is 6.66. The molecular weight excluding hydrogens is 212 g/mol. The van der Waals surface area contributed by atoms with Gasteiger partial charge in [-0.3, -0.25) is 0 Å². The maximum Gasteiger partial charge on any atom is 0.161 e. The molecule has 0 radical (unpaired) electrons. The van der Waals surface area contributed by atoms with Crippen LogP contribution in [-0.4, -0.2) is 13.7 Å². The summed E-state index contributed by atoms with van der Waals surface area (Å²) in [6, 6.07) is 6.39. The van der Waals surface area contributed by atoms with Gasteiger partial charge in [-0.15, -0.1) is 0 Å². The summed E-state index contributed by atoms with van der Waals surface area (Å²) in [7, 11) is 1.69. The molecule has 0 spiro atoms. The first kappa shape index (κ1) is 12.3. The third-order valence-electron chi connectivity index (χ3n) is 3.56. The quantitative estimate of drug-likeness (QED) is 0.779. The van der Waals surface area contributed by atoms with E-state index >= 15 is 0 Å². The van der Waals surface area contributed by atoms with Crippen molar-refractivity contribution in [2.75, 3.05) is 13.7 Å². The molecule has 2 nitrogen and oxygen atoms in total. The highest BCUT2D eigenvalue weighted by molar-refractivity contribution is 5.44. The maximum absolute atomic E-state index is 5.63. The van der Waals surface area contributed by atoms with Gasteiger partial charge in [0.1, 0.15) is 0 Å². The van der Waals surface area contributed by atoms with Crippen LogP contribution in [0.1, 0.15) is 50.5 Å². The van der Waals surface area contributed by atoms with Crippen molar-refractivity contribution in [3.63, 3.8) is 0 Å². The van der Waals surface area contributed by atoms with E-state index in [9.17, 15) is 0 Å². The molecule has 2 heteroatoms. The lowest BCUT2D eigenvalue weighted by molar-refractivity contribution is 0.310. The molecular formula is C15H22O2. The van der Waals surface area contributed by atoms with Gasteiger partial charge >= 0.3 is 0 Å². The number of rotatable bonds is 4. The van der Waals surface area contributed by atoms with Crippen molar-refractivity contribution in [1.82, 2.24) is 0 Å². The summed E-state index contributed by atoms with van der Waals surface area (Å²) in [5, 5.41) is 0. The summed E-state index contributed by atoms with van der Waals surface area (Å²) in [4.78, 5) is 0. The molecule has 1 saturated carbocycles. The molecule has 0 amide bonds. The van der Waals surface area contributed by atoms with Crippen molar-refractivity contribution in [3.8, 4) is 11.5 Å². The Bertz CT molecular complexity index is 354. The number of hydrogen-bond donors (Lipinski definition) is 0. The fraction of sp³-hybridized carbons (Fsp3) is 0.600. The van der Waals surface area contributed by atoms with E-state index < -0.39 is 0 Å². The predicted molar refractivity (Wildman–Crippen MR) is 70.0 cm³/mol. The molecule has 1 aliphatic carbocycles. The van der Waals surface area contributed by atoms with Crippen molar-refractivity contribution in [2.24, 2.45) is 0 Å². The molecule has 1 aromatic carbocycles. The van der Waals surface area contributed by atoms with Gasteiger partial charge in [0, 0.05) is 0 Å². The molecule has 94 valence electrons. The second-order valence-electron chi connectivity index (χ2n) is 4.68. The fourth-order valence-corrected chi connectivity index (χ4v) is 2.65. The normalized spacial score (nSPS) is 16.8. The minimum atomic E-state index is 0.685. The van der Waals surface area contributed by atoms with E-state index in [-0.39, 0.29) is 0 Å². The van der Waals surface area contributed by atoms with Crippen molar-refractivity contribution >= 4 is 0 Å². The predicted octanol–water partition coefficient (Wildman–Crippen LogP) is 4.14. The molecule has 1 aliphatic rings. The number of benzene rings is 1. The molecule has 2 rings (SSSR count). The van der Waals surface area contributed by atoms with E-state index in [1.54, 1.807) is 7.11 Å². The monoisotopic (exact) mass is 234 g/mol. The smallest absolute Gasteiger partial charge is 0.161 e. The summed E-state index contributed by atoms with van der Waals surface area (Å²) >= 11 is 0. The third-order valence-corrected chi connectivity index (χ3v) is 3.56. The highest BCUT2D eigenvalue weighted by Gasteiger charge is 2.17. The van der Waals surface area contributed by atoms with Gasteiger partial charge in [-0.05, 0) is 43.4 Å². The van der Waals surface area contributed by atoms with Gasteiger partial charge in [0.25, 0.3) is 0 Å². The Kier molecular flexibility index (Phi) is 4.29. The molecule has 0 unspecified atom stereocenters. The second-order valence-corrected chi connectivity index (χ2v) is 4.68. The lowest BCUT2D eigenvalue weighted by Gasteiger charge is -2.23. The number of ether oxygens (including phenoxy) is 2. The Balaban J connectivity index is 2.19. The Morgan fingerprint density at radius 3 is 2.53 bits per heavy atom. The van der Waals surface area contributed by atoms with E-state index in [0.717, 1.165) is 11.5 Å². The Hall–Kier alpha value is -1.18. The average Bonchev–Trinajstić information content (AvgIpc) is 2.40. The van der Waals surface area contributed by atoms with Crippen LogP contribution in [0, 0.1) is 0 Å². The van der Waals surface area contributed by atoms with Crippen LogP contribution in [0.15, 0.2) is 18.2 Å². The first-order chi connectivity index (χ1) is 8.35. The van der Waals surface area contributed by atoms with Crippen molar-refractivity contribution in [1.29, 1.82) is 0 Å². The van der Waals surface area contributed by atoms with E-state index in [0.29, 0.717) is 12.5 Å². The molecule has 1 fully saturated rings. The SMILES string of the molecule is CCOc1cc(C2CCCCC2)ccc1OC. The van der Waals surface area contributed by atoms with Crippen LogP contribution in [0.4, 0.5) is 0 Å². The Labute approximate surface area is 104 Å². The van der Waals surface area contributed by atoms with E-state index in [1.165, 1.54) is 37.7 Å². The molecule has 0 aliphatic heterocycles. The largest absolute Gasteiger partial charge is 0.493 e. The van der Waals surface area contributed by atoms with E-state index in [2.05, 4.69) is 12.1 Å². The van der Waals surface area contributed by atoms with Gasteiger partial charge in [-0.2, -0.15) is 0 Å². The molecule has 0 heterocycles. The fourth-order valence-electron chi connectivity index (χ4n) is 2.65.